The lowest BCUT2D eigenvalue weighted by atomic mass is 9.99. The highest BCUT2D eigenvalue weighted by atomic mass is 16.5. The number of ether oxygens (including phenoxy) is 1. The van der Waals surface area contributed by atoms with Crippen molar-refractivity contribution in [2.75, 3.05) is 49.6 Å². The molecule has 176 valence electrons. The molecule has 6 rings (SSSR count). The Morgan fingerprint density at radius 3 is 2.79 bits per heavy atom. The molecular weight excluding hydrogens is 426 g/mol. The Labute approximate surface area is 200 Å². The van der Waals surface area contributed by atoms with Gasteiger partial charge in [-0.2, -0.15) is 0 Å². The molecule has 0 radical (unpaired) electrons. The number of nitrogens with zero attached hydrogens (tertiary/aromatic N) is 4. The molecule has 2 aromatic heterocycles. The third-order valence-electron chi connectivity index (χ3n) is 7.60. The second kappa shape index (κ2) is 8.17. The van der Waals surface area contributed by atoms with Crippen LogP contribution in [0.1, 0.15) is 25.3 Å². The van der Waals surface area contributed by atoms with Gasteiger partial charge in [0, 0.05) is 56.0 Å². The second-order valence-corrected chi connectivity index (χ2v) is 10.0. The summed E-state index contributed by atoms with van der Waals surface area (Å²) in [5, 5.41) is 3.13. The summed E-state index contributed by atoms with van der Waals surface area (Å²) in [5.74, 6) is 0. The zero-order valence-electron chi connectivity index (χ0n) is 19.9. The summed E-state index contributed by atoms with van der Waals surface area (Å²) >= 11 is 0. The Kier molecular flexibility index (Phi) is 5.10. The van der Waals surface area contributed by atoms with Crippen molar-refractivity contribution in [1.29, 1.82) is 0 Å². The summed E-state index contributed by atoms with van der Waals surface area (Å²) in [7, 11) is 0. The number of carbonyl (C=O) groups excluding carboxylic acids is 1. The zero-order chi connectivity index (χ0) is 23.3. The minimum absolute atomic E-state index is 0.0376. The predicted octanol–water partition coefficient (Wildman–Crippen LogP) is 4.72. The van der Waals surface area contributed by atoms with Gasteiger partial charge in [-0.25, -0.2) is 9.78 Å². The molecular formula is C27H31N5O2. The lowest BCUT2D eigenvalue weighted by molar-refractivity contribution is 0.123. The first-order chi connectivity index (χ1) is 16.5. The van der Waals surface area contributed by atoms with E-state index in [1.165, 1.54) is 18.4 Å². The highest BCUT2D eigenvalue weighted by molar-refractivity contribution is 5.91. The SMILES string of the molecule is Cc1ccc(NC(=O)N2CC=C(C3(C)CC3)C2)cc1-c1cc(N2CCOCC2)c2nccn2c1. The van der Waals surface area contributed by atoms with Gasteiger partial charge in [0.05, 0.1) is 18.9 Å². The maximum Gasteiger partial charge on any atom is 0.322 e. The standard InChI is InChI=1S/C27H31N5O2/c1-19-3-4-22(29-26(33)32-9-5-21(18-32)27(2)6-7-27)16-23(19)20-15-24(30-11-13-34-14-12-30)25-28-8-10-31(25)17-20/h3-5,8,10,15-17H,6-7,9,11-14,18H2,1-2H3,(H,29,33). The van der Waals surface area contributed by atoms with Gasteiger partial charge in [0.15, 0.2) is 5.65 Å². The van der Waals surface area contributed by atoms with Gasteiger partial charge >= 0.3 is 6.03 Å². The first-order valence-electron chi connectivity index (χ1n) is 12.2. The van der Waals surface area contributed by atoms with Crippen LogP contribution in [0.15, 0.2) is 54.5 Å². The van der Waals surface area contributed by atoms with Crippen LogP contribution >= 0.6 is 0 Å². The van der Waals surface area contributed by atoms with Crippen molar-refractivity contribution < 1.29 is 9.53 Å². The van der Waals surface area contributed by atoms with Crippen molar-refractivity contribution in [3.63, 3.8) is 0 Å². The van der Waals surface area contributed by atoms with E-state index < -0.39 is 0 Å². The van der Waals surface area contributed by atoms with E-state index in [1.54, 1.807) is 0 Å². The Hall–Kier alpha value is -3.32. The summed E-state index contributed by atoms with van der Waals surface area (Å²) in [6, 6.07) is 8.33. The molecule has 0 spiro atoms. The topological polar surface area (TPSA) is 62.1 Å². The average Bonchev–Trinajstić information content (AvgIpc) is 3.25. The molecule has 1 aliphatic carbocycles. The van der Waals surface area contributed by atoms with E-state index in [0.717, 1.165) is 66.6 Å². The molecule has 1 N–H and O–H groups in total. The normalized spacial score (nSPS) is 19.4. The van der Waals surface area contributed by atoms with Crippen molar-refractivity contribution in [3.8, 4) is 11.1 Å². The molecule has 34 heavy (non-hydrogen) atoms. The number of fused-ring (bicyclic) bond motifs is 1. The summed E-state index contributed by atoms with van der Waals surface area (Å²) in [6.07, 6.45) is 10.7. The number of benzene rings is 1. The van der Waals surface area contributed by atoms with Gasteiger partial charge in [-0.15, -0.1) is 0 Å². The van der Waals surface area contributed by atoms with E-state index >= 15 is 0 Å². The van der Waals surface area contributed by atoms with Crippen LogP contribution in [-0.2, 0) is 4.74 Å². The van der Waals surface area contributed by atoms with Crippen LogP contribution in [0.5, 0.6) is 0 Å². The molecule has 0 unspecified atom stereocenters. The molecule has 7 nitrogen and oxygen atoms in total. The zero-order valence-corrected chi connectivity index (χ0v) is 19.9. The maximum absolute atomic E-state index is 13.0. The molecule has 2 fully saturated rings. The Bertz CT molecular complexity index is 1280. The fourth-order valence-corrected chi connectivity index (χ4v) is 5.07. The number of anilines is 2. The van der Waals surface area contributed by atoms with Crippen molar-refractivity contribution in [3.05, 3.63) is 60.1 Å². The highest BCUT2D eigenvalue weighted by Crippen LogP contribution is 2.52. The number of amides is 2. The molecule has 3 aliphatic rings. The first kappa shape index (κ1) is 21.2. The summed E-state index contributed by atoms with van der Waals surface area (Å²) in [6.45, 7) is 9.00. The van der Waals surface area contributed by atoms with E-state index in [0.29, 0.717) is 12.0 Å². The van der Waals surface area contributed by atoms with Crippen LogP contribution in [-0.4, -0.2) is 59.7 Å². The molecule has 2 amide bonds. The molecule has 7 heteroatoms. The highest BCUT2D eigenvalue weighted by Gasteiger charge is 2.43. The fourth-order valence-electron chi connectivity index (χ4n) is 5.07. The average molecular weight is 458 g/mol. The van der Waals surface area contributed by atoms with Gasteiger partial charge in [-0.05, 0) is 60.1 Å². The van der Waals surface area contributed by atoms with Crippen LogP contribution in [0.25, 0.3) is 16.8 Å². The van der Waals surface area contributed by atoms with Crippen LogP contribution in [0.2, 0.25) is 0 Å². The number of aryl methyl sites for hydroxylation is 1. The lowest BCUT2D eigenvalue weighted by Crippen LogP contribution is -2.36. The number of rotatable bonds is 4. The predicted molar refractivity (Wildman–Crippen MR) is 134 cm³/mol. The van der Waals surface area contributed by atoms with Crippen molar-refractivity contribution in [2.45, 2.75) is 26.7 Å². The Morgan fingerprint density at radius 2 is 2.00 bits per heavy atom. The number of hydrogen-bond donors (Lipinski definition) is 1. The van der Waals surface area contributed by atoms with Crippen LogP contribution in [0.3, 0.4) is 0 Å². The van der Waals surface area contributed by atoms with Gasteiger partial charge in [0.2, 0.25) is 0 Å². The fraction of sp³-hybridized carbons (Fsp3) is 0.407. The molecule has 0 bridgehead atoms. The van der Waals surface area contributed by atoms with E-state index in [9.17, 15) is 4.79 Å². The first-order valence-corrected chi connectivity index (χ1v) is 12.2. The molecule has 3 aromatic rings. The molecule has 0 atom stereocenters. The van der Waals surface area contributed by atoms with Gasteiger partial charge < -0.3 is 24.3 Å². The van der Waals surface area contributed by atoms with Gasteiger partial charge in [0.1, 0.15) is 0 Å². The number of hydrogen-bond acceptors (Lipinski definition) is 4. The minimum Gasteiger partial charge on any atom is -0.378 e. The summed E-state index contributed by atoms with van der Waals surface area (Å²) in [4.78, 5) is 21.8. The maximum atomic E-state index is 13.0. The van der Waals surface area contributed by atoms with Crippen molar-refractivity contribution >= 4 is 23.1 Å². The van der Waals surface area contributed by atoms with E-state index in [1.807, 2.05) is 23.4 Å². The Morgan fingerprint density at radius 1 is 1.18 bits per heavy atom. The largest absolute Gasteiger partial charge is 0.378 e. The quantitative estimate of drug-likeness (QED) is 0.576. The molecule has 2 aliphatic heterocycles. The van der Waals surface area contributed by atoms with Crippen LogP contribution in [0, 0.1) is 12.3 Å². The number of urea groups is 1. The monoisotopic (exact) mass is 457 g/mol. The minimum atomic E-state index is -0.0376. The molecule has 4 heterocycles. The number of nitrogens with one attached hydrogen (secondary N) is 1. The second-order valence-electron chi connectivity index (χ2n) is 10.0. The number of aromatic nitrogens is 2. The lowest BCUT2D eigenvalue weighted by Gasteiger charge is -2.29. The van der Waals surface area contributed by atoms with Gasteiger partial charge in [0.25, 0.3) is 0 Å². The number of pyridine rings is 1. The summed E-state index contributed by atoms with van der Waals surface area (Å²) < 4.78 is 7.64. The third kappa shape index (κ3) is 3.84. The smallest absolute Gasteiger partial charge is 0.322 e. The van der Waals surface area contributed by atoms with Crippen molar-refractivity contribution in [2.24, 2.45) is 5.41 Å². The number of morpholine rings is 1. The molecule has 1 aromatic carbocycles. The van der Waals surface area contributed by atoms with E-state index in [2.05, 4.69) is 63.9 Å². The van der Waals surface area contributed by atoms with Gasteiger partial charge in [-0.3, -0.25) is 0 Å². The molecule has 1 saturated heterocycles. The van der Waals surface area contributed by atoms with E-state index in [4.69, 9.17) is 4.74 Å². The van der Waals surface area contributed by atoms with Crippen LogP contribution < -0.4 is 10.2 Å². The number of carbonyl (C=O) groups is 1. The molecule has 1 saturated carbocycles. The Balaban J connectivity index is 1.27. The van der Waals surface area contributed by atoms with Crippen molar-refractivity contribution in [1.82, 2.24) is 14.3 Å². The third-order valence-corrected chi connectivity index (χ3v) is 7.60. The van der Waals surface area contributed by atoms with E-state index in [-0.39, 0.29) is 6.03 Å². The van der Waals surface area contributed by atoms with Crippen LogP contribution in [0.4, 0.5) is 16.2 Å². The summed E-state index contributed by atoms with van der Waals surface area (Å²) in [5.41, 5.74) is 8.00. The number of imidazole rings is 1. The van der Waals surface area contributed by atoms with Gasteiger partial charge in [-0.1, -0.05) is 19.1 Å².